The first-order chi connectivity index (χ1) is 4.93. The lowest BCUT2D eigenvalue weighted by atomic mass is 10.7. The Bertz CT molecular complexity index is 371. The quantitative estimate of drug-likeness (QED) is 0.573. The molecule has 1 aromatic rings. The Hall–Kier alpha value is 0.180. The highest BCUT2D eigenvalue weighted by molar-refractivity contribution is 14.1. The molecule has 1 heterocycles. The van der Waals surface area contributed by atoms with Crippen LogP contribution in [0.5, 0.6) is 0 Å². The average molecular weight is 307 g/mol. The van der Waals surface area contributed by atoms with Crippen LogP contribution in [0.2, 0.25) is 0 Å². The molecule has 0 spiro atoms. The Kier molecular flexibility index (Phi) is 2.45. The van der Waals surface area contributed by atoms with E-state index >= 15 is 0 Å². The summed E-state index contributed by atoms with van der Waals surface area (Å²) < 4.78 is 23.5. The Labute approximate surface area is 82.1 Å². The molecular weight excluding hydrogens is 302 g/mol. The van der Waals surface area contributed by atoms with Gasteiger partial charge in [-0.05, 0) is 22.6 Å². The van der Waals surface area contributed by atoms with Crippen molar-refractivity contribution in [2.75, 3.05) is 0 Å². The zero-order valence-electron chi connectivity index (χ0n) is 5.45. The molecule has 1 rings (SSSR count). The normalized spacial score (nSPS) is 11.9. The van der Waals surface area contributed by atoms with Crippen molar-refractivity contribution >= 4 is 42.3 Å². The van der Waals surface area contributed by atoms with E-state index in [0.717, 1.165) is 0 Å². The van der Waals surface area contributed by atoms with E-state index in [1.807, 2.05) is 22.6 Å². The summed E-state index contributed by atoms with van der Waals surface area (Å²) in [4.78, 5) is 0.0577. The lowest BCUT2D eigenvalue weighted by Gasteiger charge is -1.92. The number of nitrogens with zero attached hydrogens (tertiary/aromatic N) is 2. The van der Waals surface area contributed by atoms with Gasteiger partial charge >= 0.3 is 0 Å². The topological polar surface area (TPSA) is 52.0 Å². The summed E-state index contributed by atoms with van der Waals surface area (Å²) in [6, 6.07) is 0. The first-order valence-electron chi connectivity index (χ1n) is 2.55. The summed E-state index contributed by atoms with van der Waals surface area (Å²) in [6.07, 6.45) is 1.23. The van der Waals surface area contributed by atoms with E-state index in [-0.39, 0.29) is 4.90 Å². The predicted octanol–water partition coefficient (Wildman–Crippen LogP) is 0.952. The number of rotatable bonds is 1. The molecule has 0 radical (unpaired) electrons. The predicted molar refractivity (Wildman–Crippen MR) is 49.0 cm³/mol. The van der Waals surface area contributed by atoms with Crippen LogP contribution >= 0.6 is 33.3 Å². The molecule has 0 bridgehead atoms. The van der Waals surface area contributed by atoms with Crippen molar-refractivity contribution in [2.45, 2.75) is 4.90 Å². The molecule has 0 saturated heterocycles. The van der Waals surface area contributed by atoms with E-state index in [4.69, 9.17) is 10.7 Å². The lowest BCUT2D eigenvalue weighted by molar-refractivity contribution is 0.608. The highest BCUT2D eigenvalue weighted by atomic mass is 127. The molecule has 0 atom stereocenters. The summed E-state index contributed by atoms with van der Waals surface area (Å²) in [6.45, 7) is 0. The van der Waals surface area contributed by atoms with Gasteiger partial charge in [0, 0.05) is 17.7 Å². The average Bonchev–Trinajstić information content (AvgIpc) is 2.11. The molecule has 0 N–H and O–H groups in total. The van der Waals surface area contributed by atoms with Gasteiger partial charge in [-0.15, -0.1) is 0 Å². The van der Waals surface area contributed by atoms with Crippen LogP contribution in [-0.2, 0) is 16.1 Å². The fraction of sp³-hybridized carbons (Fsp3) is 0.250. The molecule has 0 saturated carbocycles. The van der Waals surface area contributed by atoms with Crippen LogP contribution < -0.4 is 0 Å². The van der Waals surface area contributed by atoms with Crippen molar-refractivity contribution in [3.8, 4) is 0 Å². The van der Waals surface area contributed by atoms with E-state index in [1.54, 1.807) is 7.05 Å². The molecule has 0 unspecified atom stereocenters. The fourth-order valence-corrected chi connectivity index (χ4v) is 2.94. The third-order valence-electron chi connectivity index (χ3n) is 1.10. The SMILES string of the molecule is Cn1ncc(S(=O)(=O)Cl)c1I. The minimum Gasteiger partial charge on any atom is -0.261 e. The third kappa shape index (κ3) is 1.85. The molecule has 0 aliphatic carbocycles. The summed E-state index contributed by atoms with van der Waals surface area (Å²) in [5.74, 6) is 0. The van der Waals surface area contributed by atoms with E-state index in [9.17, 15) is 8.42 Å². The van der Waals surface area contributed by atoms with Crippen molar-refractivity contribution in [3.05, 3.63) is 9.90 Å². The van der Waals surface area contributed by atoms with Gasteiger partial charge in [-0.2, -0.15) is 5.10 Å². The largest absolute Gasteiger partial charge is 0.265 e. The number of aryl methyl sites for hydroxylation is 1. The van der Waals surface area contributed by atoms with Gasteiger partial charge in [0.05, 0.1) is 6.20 Å². The van der Waals surface area contributed by atoms with Gasteiger partial charge in [0.15, 0.2) is 0 Å². The highest BCUT2D eigenvalue weighted by Crippen LogP contribution is 2.19. The van der Waals surface area contributed by atoms with Crippen molar-refractivity contribution in [1.82, 2.24) is 9.78 Å². The molecule has 0 aliphatic heterocycles. The minimum atomic E-state index is -3.63. The summed E-state index contributed by atoms with van der Waals surface area (Å²) >= 11 is 1.86. The molecule has 7 heteroatoms. The second kappa shape index (κ2) is 2.91. The molecule has 0 amide bonds. The zero-order valence-corrected chi connectivity index (χ0v) is 9.18. The Morgan fingerprint density at radius 2 is 2.27 bits per heavy atom. The molecule has 0 aliphatic rings. The van der Waals surface area contributed by atoms with Gasteiger partial charge < -0.3 is 0 Å². The van der Waals surface area contributed by atoms with Crippen LogP contribution in [0.15, 0.2) is 11.1 Å². The molecule has 11 heavy (non-hydrogen) atoms. The van der Waals surface area contributed by atoms with Crippen molar-refractivity contribution in [2.24, 2.45) is 7.05 Å². The van der Waals surface area contributed by atoms with Crippen LogP contribution in [0.1, 0.15) is 0 Å². The van der Waals surface area contributed by atoms with Crippen molar-refractivity contribution in [3.63, 3.8) is 0 Å². The lowest BCUT2D eigenvalue weighted by Crippen LogP contribution is -1.96. The first-order valence-corrected chi connectivity index (χ1v) is 5.94. The zero-order chi connectivity index (χ0) is 8.65. The van der Waals surface area contributed by atoms with E-state index in [0.29, 0.717) is 3.70 Å². The van der Waals surface area contributed by atoms with Gasteiger partial charge in [0.2, 0.25) is 0 Å². The minimum absolute atomic E-state index is 0.0577. The van der Waals surface area contributed by atoms with Crippen LogP contribution in [-0.4, -0.2) is 18.2 Å². The monoisotopic (exact) mass is 306 g/mol. The molecule has 62 valence electrons. The van der Waals surface area contributed by atoms with Gasteiger partial charge in [0.1, 0.15) is 8.60 Å². The Morgan fingerprint density at radius 1 is 1.73 bits per heavy atom. The van der Waals surface area contributed by atoms with Gasteiger partial charge in [-0.1, -0.05) is 0 Å². The Morgan fingerprint density at radius 3 is 2.45 bits per heavy atom. The standard InChI is InChI=1S/C4H4ClIN2O2S/c1-8-4(6)3(2-7-8)11(5,9)10/h2H,1H3. The number of aromatic nitrogens is 2. The van der Waals surface area contributed by atoms with Crippen LogP contribution in [0.4, 0.5) is 0 Å². The molecule has 1 aromatic heterocycles. The van der Waals surface area contributed by atoms with Crippen LogP contribution in [0.25, 0.3) is 0 Å². The third-order valence-corrected chi connectivity index (χ3v) is 4.07. The first kappa shape index (κ1) is 9.27. The number of hydrogen-bond acceptors (Lipinski definition) is 3. The maximum absolute atomic E-state index is 10.8. The summed E-state index contributed by atoms with van der Waals surface area (Å²) in [5, 5.41) is 3.73. The molecule has 4 nitrogen and oxygen atoms in total. The maximum Gasteiger partial charge on any atom is 0.265 e. The highest BCUT2D eigenvalue weighted by Gasteiger charge is 2.17. The van der Waals surface area contributed by atoms with Gasteiger partial charge in [-0.25, -0.2) is 8.42 Å². The summed E-state index contributed by atoms with van der Waals surface area (Å²) in [7, 11) is 3.11. The molecule has 0 fully saturated rings. The van der Waals surface area contributed by atoms with Gasteiger partial charge in [0.25, 0.3) is 9.05 Å². The number of hydrogen-bond donors (Lipinski definition) is 0. The van der Waals surface area contributed by atoms with Crippen molar-refractivity contribution in [1.29, 1.82) is 0 Å². The van der Waals surface area contributed by atoms with E-state index in [1.165, 1.54) is 10.9 Å². The van der Waals surface area contributed by atoms with Crippen LogP contribution in [0.3, 0.4) is 0 Å². The number of halogens is 2. The van der Waals surface area contributed by atoms with Gasteiger partial charge in [-0.3, -0.25) is 4.68 Å². The molecular formula is C4H4ClIN2O2S. The second-order valence-electron chi connectivity index (χ2n) is 1.86. The van der Waals surface area contributed by atoms with E-state index in [2.05, 4.69) is 5.10 Å². The van der Waals surface area contributed by atoms with Crippen LogP contribution in [0, 0.1) is 3.70 Å². The molecule has 0 aromatic carbocycles. The maximum atomic E-state index is 10.8. The Balaban J connectivity index is 3.38. The smallest absolute Gasteiger partial charge is 0.261 e. The fourth-order valence-electron chi connectivity index (χ4n) is 0.566. The summed E-state index contributed by atoms with van der Waals surface area (Å²) in [5.41, 5.74) is 0. The van der Waals surface area contributed by atoms with Crippen molar-refractivity contribution < 1.29 is 8.42 Å². The second-order valence-corrected chi connectivity index (χ2v) is 5.42. The van der Waals surface area contributed by atoms with E-state index < -0.39 is 9.05 Å².